The first kappa shape index (κ1) is 17.3. The van der Waals surface area contributed by atoms with E-state index in [0.717, 1.165) is 0 Å². The minimum absolute atomic E-state index is 0.292. The number of amides is 3. The Kier molecular flexibility index (Phi) is 6.70. The fourth-order valence-electron chi connectivity index (χ4n) is 1.50. The Labute approximate surface area is 129 Å². The van der Waals surface area contributed by atoms with Crippen LogP contribution in [0.4, 0.5) is 4.79 Å². The van der Waals surface area contributed by atoms with Gasteiger partial charge in [-0.2, -0.15) is 5.26 Å². The minimum atomic E-state index is -0.576. The topological polar surface area (TPSA) is 100 Å². The number of hydrogen-bond donors (Lipinski definition) is 2. The van der Waals surface area contributed by atoms with Gasteiger partial charge in [0.25, 0.3) is 5.91 Å². The smallest absolute Gasteiger partial charge is 0.321 e. The maximum absolute atomic E-state index is 11.6. The molecule has 1 aromatic carbocycles. The molecule has 22 heavy (non-hydrogen) atoms. The molecular weight excluding hydrogens is 286 g/mol. The molecule has 0 bridgehead atoms. The minimum Gasteiger partial charge on any atom is -0.493 e. The van der Waals surface area contributed by atoms with Crippen molar-refractivity contribution in [3.8, 4) is 17.6 Å². The van der Waals surface area contributed by atoms with E-state index in [0.29, 0.717) is 29.5 Å². The van der Waals surface area contributed by atoms with Crippen molar-refractivity contribution in [3.63, 3.8) is 0 Å². The summed E-state index contributed by atoms with van der Waals surface area (Å²) in [5.41, 5.74) is 0.418. The van der Waals surface area contributed by atoms with Crippen molar-refractivity contribution in [1.29, 1.82) is 5.26 Å². The quantitative estimate of drug-likeness (QED) is 0.828. The lowest BCUT2D eigenvalue weighted by Crippen LogP contribution is -2.42. The molecule has 118 valence electrons. The van der Waals surface area contributed by atoms with Crippen LogP contribution in [0.15, 0.2) is 18.2 Å². The van der Waals surface area contributed by atoms with Gasteiger partial charge in [0.2, 0.25) is 0 Å². The molecule has 0 atom stereocenters. The molecule has 0 radical (unpaired) electrons. The summed E-state index contributed by atoms with van der Waals surface area (Å²) in [6.45, 7) is 4.03. The number of nitrogens with one attached hydrogen (secondary N) is 2. The van der Waals surface area contributed by atoms with Crippen LogP contribution >= 0.6 is 0 Å². The zero-order chi connectivity index (χ0) is 16.5. The molecule has 0 aromatic heterocycles. The van der Waals surface area contributed by atoms with Crippen molar-refractivity contribution in [3.05, 3.63) is 23.8 Å². The number of rotatable bonds is 6. The second kappa shape index (κ2) is 8.52. The first-order chi connectivity index (χ1) is 10.5. The molecule has 7 heteroatoms. The van der Waals surface area contributed by atoms with Gasteiger partial charge in [0.15, 0.2) is 18.1 Å². The van der Waals surface area contributed by atoms with Crippen LogP contribution in [0.3, 0.4) is 0 Å². The summed E-state index contributed by atoms with van der Waals surface area (Å²) >= 11 is 0. The number of methoxy groups -OCH3 is 1. The van der Waals surface area contributed by atoms with Gasteiger partial charge in [-0.1, -0.05) is 13.8 Å². The van der Waals surface area contributed by atoms with E-state index in [4.69, 9.17) is 14.7 Å². The second-order valence-electron chi connectivity index (χ2n) is 4.92. The summed E-state index contributed by atoms with van der Waals surface area (Å²) < 4.78 is 10.4. The number of carbonyl (C=O) groups excluding carboxylic acids is 2. The first-order valence-electron chi connectivity index (χ1n) is 6.75. The van der Waals surface area contributed by atoms with Crippen LogP contribution < -0.4 is 20.1 Å². The number of ether oxygens (including phenoxy) is 2. The number of hydrogen-bond acceptors (Lipinski definition) is 5. The largest absolute Gasteiger partial charge is 0.493 e. The normalized spacial score (nSPS) is 9.77. The van der Waals surface area contributed by atoms with E-state index < -0.39 is 11.9 Å². The SMILES string of the molecule is COc1cc(C#N)ccc1OCC(=O)NC(=O)NCC(C)C. The Bertz CT molecular complexity index is 579. The zero-order valence-corrected chi connectivity index (χ0v) is 12.8. The summed E-state index contributed by atoms with van der Waals surface area (Å²) in [6.07, 6.45) is 0. The van der Waals surface area contributed by atoms with Gasteiger partial charge in [-0.3, -0.25) is 10.1 Å². The monoisotopic (exact) mass is 305 g/mol. The molecule has 2 N–H and O–H groups in total. The molecule has 0 unspecified atom stereocenters. The summed E-state index contributed by atoms with van der Waals surface area (Å²) in [5.74, 6) is 0.378. The van der Waals surface area contributed by atoms with E-state index in [1.54, 1.807) is 6.07 Å². The lowest BCUT2D eigenvalue weighted by Gasteiger charge is -2.11. The van der Waals surface area contributed by atoms with Gasteiger partial charge in [-0.05, 0) is 18.1 Å². The molecule has 1 aromatic rings. The van der Waals surface area contributed by atoms with Crippen LogP contribution in [0.1, 0.15) is 19.4 Å². The zero-order valence-electron chi connectivity index (χ0n) is 12.8. The number of urea groups is 1. The van der Waals surface area contributed by atoms with Gasteiger partial charge >= 0.3 is 6.03 Å². The van der Waals surface area contributed by atoms with Crippen LogP contribution in [0.25, 0.3) is 0 Å². The number of imide groups is 1. The molecule has 1 rings (SSSR count). The molecule has 0 aliphatic carbocycles. The Morgan fingerprint density at radius 2 is 2.05 bits per heavy atom. The summed E-state index contributed by atoms with van der Waals surface area (Å²) in [6, 6.07) is 5.99. The molecule has 0 fully saturated rings. The third kappa shape index (κ3) is 5.71. The standard InChI is InChI=1S/C15H19N3O4/c1-10(2)8-17-15(20)18-14(19)9-22-12-5-4-11(7-16)6-13(12)21-3/h4-6,10H,8-9H2,1-3H3,(H2,17,18,19,20). The predicted octanol–water partition coefficient (Wildman–Crippen LogP) is 1.43. The summed E-state index contributed by atoms with van der Waals surface area (Å²) in [7, 11) is 1.43. The van der Waals surface area contributed by atoms with E-state index in [1.165, 1.54) is 19.2 Å². The van der Waals surface area contributed by atoms with Crippen LogP contribution in [0.5, 0.6) is 11.5 Å². The Morgan fingerprint density at radius 3 is 2.64 bits per heavy atom. The highest BCUT2D eigenvalue weighted by Gasteiger charge is 2.11. The molecule has 7 nitrogen and oxygen atoms in total. The average molecular weight is 305 g/mol. The Balaban J connectivity index is 2.51. The van der Waals surface area contributed by atoms with Crippen molar-refractivity contribution in [2.75, 3.05) is 20.3 Å². The predicted molar refractivity (Wildman–Crippen MR) is 79.6 cm³/mol. The molecule has 0 spiro atoms. The molecule has 3 amide bonds. The molecule has 0 heterocycles. The lowest BCUT2D eigenvalue weighted by atomic mass is 10.2. The third-order valence-corrected chi connectivity index (χ3v) is 2.58. The highest BCUT2D eigenvalue weighted by molar-refractivity contribution is 5.95. The van der Waals surface area contributed by atoms with Crippen LogP contribution in [-0.2, 0) is 4.79 Å². The lowest BCUT2D eigenvalue weighted by molar-refractivity contribution is -0.122. The molecule has 0 aliphatic rings. The van der Waals surface area contributed by atoms with Crippen LogP contribution in [-0.4, -0.2) is 32.2 Å². The highest BCUT2D eigenvalue weighted by Crippen LogP contribution is 2.27. The second-order valence-corrected chi connectivity index (χ2v) is 4.92. The summed E-state index contributed by atoms with van der Waals surface area (Å²) in [5, 5.41) is 13.5. The van der Waals surface area contributed by atoms with Gasteiger partial charge in [0.05, 0.1) is 18.7 Å². The maximum Gasteiger partial charge on any atom is 0.321 e. The first-order valence-corrected chi connectivity index (χ1v) is 6.75. The van der Waals surface area contributed by atoms with Crippen molar-refractivity contribution in [2.45, 2.75) is 13.8 Å². The van der Waals surface area contributed by atoms with Gasteiger partial charge in [0, 0.05) is 12.6 Å². The average Bonchev–Trinajstić information content (AvgIpc) is 2.50. The maximum atomic E-state index is 11.6. The van der Waals surface area contributed by atoms with E-state index in [2.05, 4.69) is 10.6 Å². The van der Waals surface area contributed by atoms with Gasteiger partial charge in [0.1, 0.15) is 0 Å². The number of nitriles is 1. The molecule has 0 saturated heterocycles. The number of carbonyl (C=O) groups is 2. The van der Waals surface area contributed by atoms with Crippen molar-refractivity contribution >= 4 is 11.9 Å². The molecule has 0 aliphatic heterocycles. The fraction of sp³-hybridized carbons (Fsp3) is 0.400. The van der Waals surface area contributed by atoms with Crippen molar-refractivity contribution in [1.82, 2.24) is 10.6 Å². The van der Waals surface area contributed by atoms with Crippen molar-refractivity contribution in [2.24, 2.45) is 5.92 Å². The van der Waals surface area contributed by atoms with Crippen LogP contribution in [0.2, 0.25) is 0 Å². The molecule has 0 saturated carbocycles. The number of nitrogens with zero attached hydrogens (tertiary/aromatic N) is 1. The van der Waals surface area contributed by atoms with E-state index in [1.807, 2.05) is 19.9 Å². The van der Waals surface area contributed by atoms with Gasteiger partial charge < -0.3 is 14.8 Å². The summed E-state index contributed by atoms with van der Waals surface area (Å²) in [4.78, 5) is 23.0. The Hall–Kier alpha value is -2.75. The fourth-order valence-corrected chi connectivity index (χ4v) is 1.50. The van der Waals surface area contributed by atoms with Gasteiger partial charge in [-0.15, -0.1) is 0 Å². The van der Waals surface area contributed by atoms with E-state index in [9.17, 15) is 9.59 Å². The highest BCUT2D eigenvalue weighted by atomic mass is 16.5. The van der Waals surface area contributed by atoms with Crippen molar-refractivity contribution < 1.29 is 19.1 Å². The Morgan fingerprint density at radius 1 is 1.32 bits per heavy atom. The van der Waals surface area contributed by atoms with Crippen LogP contribution in [0, 0.1) is 17.2 Å². The van der Waals surface area contributed by atoms with E-state index in [-0.39, 0.29) is 6.61 Å². The van der Waals surface area contributed by atoms with E-state index >= 15 is 0 Å². The van der Waals surface area contributed by atoms with Gasteiger partial charge in [-0.25, -0.2) is 4.79 Å². The number of benzene rings is 1. The third-order valence-electron chi connectivity index (χ3n) is 2.58. The molecular formula is C15H19N3O4.